The second-order valence-electron chi connectivity index (χ2n) is 5.22. The Bertz CT molecular complexity index is 520. The molecule has 6 nitrogen and oxygen atoms in total. The number of rotatable bonds is 4. The topological polar surface area (TPSA) is 59.1 Å². The smallest absolute Gasteiger partial charge is 0.410 e. The SMILES string of the molecule is O=C(CN1CCOC1=O)N1CCC(Oc2ccccc2)C1. The van der Waals surface area contributed by atoms with Gasteiger partial charge < -0.3 is 14.4 Å². The van der Waals surface area contributed by atoms with Gasteiger partial charge in [-0.1, -0.05) is 18.2 Å². The maximum Gasteiger partial charge on any atom is 0.410 e. The van der Waals surface area contributed by atoms with Crippen molar-refractivity contribution in [3.63, 3.8) is 0 Å². The predicted octanol–water partition coefficient (Wildman–Crippen LogP) is 1.12. The number of benzene rings is 1. The van der Waals surface area contributed by atoms with Crippen LogP contribution in [0.15, 0.2) is 30.3 Å². The molecule has 2 aliphatic rings. The molecule has 2 saturated heterocycles. The average molecular weight is 290 g/mol. The second-order valence-corrected chi connectivity index (χ2v) is 5.22. The summed E-state index contributed by atoms with van der Waals surface area (Å²) in [7, 11) is 0. The van der Waals surface area contributed by atoms with Gasteiger partial charge in [-0.2, -0.15) is 0 Å². The van der Waals surface area contributed by atoms with E-state index in [4.69, 9.17) is 9.47 Å². The number of ether oxygens (including phenoxy) is 2. The fraction of sp³-hybridized carbons (Fsp3) is 0.467. The third kappa shape index (κ3) is 3.26. The van der Waals surface area contributed by atoms with Gasteiger partial charge in [0, 0.05) is 13.0 Å². The van der Waals surface area contributed by atoms with E-state index in [9.17, 15) is 9.59 Å². The van der Waals surface area contributed by atoms with Crippen LogP contribution in [-0.4, -0.2) is 60.7 Å². The molecule has 6 heteroatoms. The van der Waals surface area contributed by atoms with Gasteiger partial charge in [0.25, 0.3) is 0 Å². The number of hydrogen-bond acceptors (Lipinski definition) is 4. The molecule has 0 spiro atoms. The van der Waals surface area contributed by atoms with Gasteiger partial charge in [0.1, 0.15) is 25.0 Å². The molecule has 0 N–H and O–H groups in total. The Morgan fingerprint density at radius 1 is 1.29 bits per heavy atom. The van der Waals surface area contributed by atoms with Gasteiger partial charge in [-0.3, -0.25) is 9.69 Å². The number of carbonyl (C=O) groups is 2. The first-order valence-electron chi connectivity index (χ1n) is 7.13. The van der Waals surface area contributed by atoms with E-state index >= 15 is 0 Å². The molecule has 112 valence electrons. The molecule has 0 saturated carbocycles. The first-order chi connectivity index (χ1) is 10.2. The molecular formula is C15H18N2O4. The zero-order chi connectivity index (χ0) is 14.7. The summed E-state index contributed by atoms with van der Waals surface area (Å²) in [6.45, 7) is 2.18. The van der Waals surface area contributed by atoms with Crippen molar-refractivity contribution in [3.8, 4) is 5.75 Å². The van der Waals surface area contributed by atoms with Crippen LogP contribution in [0.2, 0.25) is 0 Å². The summed E-state index contributed by atoms with van der Waals surface area (Å²) >= 11 is 0. The van der Waals surface area contributed by atoms with Crippen LogP contribution in [-0.2, 0) is 9.53 Å². The number of para-hydroxylation sites is 1. The van der Waals surface area contributed by atoms with Crippen molar-refractivity contribution >= 4 is 12.0 Å². The van der Waals surface area contributed by atoms with E-state index in [1.54, 1.807) is 4.90 Å². The van der Waals surface area contributed by atoms with Crippen LogP contribution in [0.25, 0.3) is 0 Å². The molecule has 3 rings (SSSR count). The summed E-state index contributed by atoms with van der Waals surface area (Å²) in [4.78, 5) is 26.7. The number of likely N-dealkylation sites (tertiary alicyclic amines) is 1. The number of cyclic esters (lactones) is 1. The summed E-state index contributed by atoms with van der Waals surface area (Å²) in [5.41, 5.74) is 0. The minimum absolute atomic E-state index is 0.0156. The fourth-order valence-electron chi connectivity index (χ4n) is 2.58. The zero-order valence-electron chi connectivity index (χ0n) is 11.7. The van der Waals surface area contributed by atoms with Crippen molar-refractivity contribution in [1.29, 1.82) is 0 Å². The van der Waals surface area contributed by atoms with Crippen molar-refractivity contribution in [2.45, 2.75) is 12.5 Å². The van der Waals surface area contributed by atoms with Gasteiger partial charge in [-0.05, 0) is 12.1 Å². The molecule has 1 aromatic carbocycles. The van der Waals surface area contributed by atoms with E-state index in [0.717, 1.165) is 12.2 Å². The number of carbonyl (C=O) groups excluding carboxylic acids is 2. The molecule has 0 bridgehead atoms. The summed E-state index contributed by atoms with van der Waals surface area (Å²) in [6.07, 6.45) is 0.423. The third-order valence-corrected chi connectivity index (χ3v) is 3.71. The number of nitrogens with zero attached hydrogens (tertiary/aromatic N) is 2. The standard InChI is InChI=1S/C15H18N2O4/c18-14(11-17-8-9-20-15(17)19)16-7-6-13(10-16)21-12-4-2-1-3-5-12/h1-5,13H,6-11H2. The molecule has 1 unspecified atom stereocenters. The summed E-state index contributed by atoms with van der Waals surface area (Å²) in [6, 6.07) is 9.60. The average Bonchev–Trinajstić information content (AvgIpc) is 3.10. The molecule has 2 aliphatic heterocycles. The lowest BCUT2D eigenvalue weighted by molar-refractivity contribution is -0.130. The molecule has 0 aliphatic carbocycles. The first kappa shape index (κ1) is 13.7. The lowest BCUT2D eigenvalue weighted by atomic mass is 10.3. The summed E-state index contributed by atoms with van der Waals surface area (Å²) in [5.74, 6) is 0.771. The lowest BCUT2D eigenvalue weighted by Gasteiger charge is -2.20. The first-order valence-corrected chi connectivity index (χ1v) is 7.13. The molecule has 21 heavy (non-hydrogen) atoms. The molecular weight excluding hydrogens is 272 g/mol. The van der Waals surface area contributed by atoms with Crippen molar-refractivity contribution in [3.05, 3.63) is 30.3 Å². The highest BCUT2D eigenvalue weighted by Gasteiger charge is 2.31. The summed E-state index contributed by atoms with van der Waals surface area (Å²) < 4.78 is 10.7. The molecule has 2 amide bonds. The van der Waals surface area contributed by atoms with E-state index in [1.165, 1.54) is 4.90 Å². The van der Waals surface area contributed by atoms with Crippen LogP contribution in [0.1, 0.15) is 6.42 Å². The third-order valence-electron chi connectivity index (χ3n) is 3.71. The van der Waals surface area contributed by atoms with Crippen molar-refractivity contribution < 1.29 is 19.1 Å². The Labute approximate surface area is 123 Å². The molecule has 2 heterocycles. The van der Waals surface area contributed by atoms with Crippen LogP contribution in [0.5, 0.6) is 5.75 Å². The predicted molar refractivity (Wildman–Crippen MR) is 75.0 cm³/mol. The van der Waals surface area contributed by atoms with Crippen molar-refractivity contribution in [1.82, 2.24) is 9.80 Å². The van der Waals surface area contributed by atoms with Crippen molar-refractivity contribution in [2.24, 2.45) is 0 Å². The largest absolute Gasteiger partial charge is 0.489 e. The van der Waals surface area contributed by atoms with Crippen LogP contribution in [0.4, 0.5) is 4.79 Å². The number of hydrogen-bond donors (Lipinski definition) is 0. The molecule has 0 radical (unpaired) electrons. The van der Waals surface area contributed by atoms with E-state index < -0.39 is 6.09 Å². The van der Waals surface area contributed by atoms with Crippen LogP contribution in [0.3, 0.4) is 0 Å². The molecule has 2 fully saturated rings. The van der Waals surface area contributed by atoms with E-state index in [-0.39, 0.29) is 18.6 Å². The Hall–Kier alpha value is -2.24. The number of amides is 2. The Kier molecular flexibility index (Phi) is 3.94. The Morgan fingerprint density at radius 3 is 2.81 bits per heavy atom. The van der Waals surface area contributed by atoms with Crippen molar-refractivity contribution in [2.75, 3.05) is 32.8 Å². The highest BCUT2D eigenvalue weighted by Crippen LogP contribution is 2.18. The quantitative estimate of drug-likeness (QED) is 0.834. The van der Waals surface area contributed by atoms with Gasteiger partial charge in [0.15, 0.2) is 0 Å². The van der Waals surface area contributed by atoms with Crippen LogP contribution < -0.4 is 4.74 Å². The van der Waals surface area contributed by atoms with E-state index in [1.807, 2.05) is 30.3 Å². The van der Waals surface area contributed by atoms with Gasteiger partial charge in [0.05, 0.1) is 13.1 Å². The lowest BCUT2D eigenvalue weighted by Crippen LogP contribution is -2.40. The minimum Gasteiger partial charge on any atom is -0.489 e. The monoisotopic (exact) mass is 290 g/mol. The maximum atomic E-state index is 12.2. The van der Waals surface area contributed by atoms with Crippen LogP contribution >= 0.6 is 0 Å². The summed E-state index contributed by atoms with van der Waals surface area (Å²) in [5, 5.41) is 0. The molecule has 0 aromatic heterocycles. The van der Waals surface area contributed by atoms with Gasteiger partial charge in [0.2, 0.25) is 5.91 Å². The van der Waals surface area contributed by atoms with E-state index in [0.29, 0.717) is 26.2 Å². The highest BCUT2D eigenvalue weighted by atomic mass is 16.6. The second kappa shape index (κ2) is 6.03. The van der Waals surface area contributed by atoms with Crippen LogP contribution in [0, 0.1) is 0 Å². The molecule has 1 aromatic rings. The van der Waals surface area contributed by atoms with Gasteiger partial charge in [-0.25, -0.2) is 4.79 Å². The fourth-order valence-corrected chi connectivity index (χ4v) is 2.58. The van der Waals surface area contributed by atoms with Gasteiger partial charge >= 0.3 is 6.09 Å². The van der Waals surface area contributed by atoms with E-state index in [2.05, 4.69) is 0 Å². The highest BCUT2D eigenvalue weighted by molar-refractivity contribution is 5.83. The minimum atomic E-state index is -0.403. The normalized spacial score (nSPS) is 21.5. The Morgan fingerprint density at radius 2 is 2.10 bits per heavy atom. The maximum absolute atomic E-state index is 12.2. The molecule has 1 atom stereocenters. The zero-order valence-corrected chi connectivity index (χ0v) is 11.7. The van der Waals surface area contributed by atoms with Gasteiger partial charge in [-0.15, -0.1) is 0 Å². The Balaban J connectivity index is 1.50.